The molecule has 5 rings (SSSR count). The van der Waals surface area contributed by atoms with Crippen molar-refractivity contribution in [2.75, 3.05) is 7.11 Å². The highest BCUT2D eigenvalue weighted by Gasteiger charge is 2.33. The molecule has 0 bridgehead atoms. The fraction of sp³-hybridized carbons (Fsp3) is 0.308. The molecule has 1 aliphatic rings. The van der Waals surface area contributed by atoms with Crippen LogP contribution in [0.15, 0.2) is 52.4 Å². The Balaban J connectivity index is 1.64. The maximum Gasteiger partial charge on any atom is 0.267 e. The quantitative estimate of drug-likeness (QED) is 0.187. The summed E-state index contributed by atoms with van der Waals surface area (Å²) in [6.07, 6.45) is 1.58. The molecular weight excluding hydrogens is 523 g/mol. The highest BCUT2D eigenvalue weighted by molar-refractivity contribution is 7.98. The van der Waals surface area contributed by atoms with Crippen molar-refractivity contribution in [3.05, 3.63) is 78.9 Å². The molecule has 35 heavy (non-hydrogen) atoms. The van der Waals surface area contributed by atoms with Crippen LogP contribution in [0.4, 0.5) is 0 Å². The number of nitrogens with zero attached hydrogens (tertiary/aromatic N) is 2. The van der Waals surface area contributed by atoms with Crippen molar-refractivity contribution >= 4 is 56.5 Å². The van der Waals surface area contributed by atoms with Gasteiger partial charge in [0.1, 0.15) is 10.6 Å². The largest absolute Gasteiger partial charge is 0.497 e. The minimum atomic E-state index is -0.278. The molecule has 0 N–H and O–H groups in total. The lowest BCUT2D eigenvalue weighted by atomic mass is 9.90. The monoisotopic (exact) mass is 546 g/mol. The van der Waals surface area contributed by atoms with E-state index in [0.717, 1.165) is 38.7 Å². The van der Waals surface area contributed by atoms with E-state index in [1.807, 2.05) is 36.4 Å². The van der Waals surface area contributed by atoms with E-state index in [-0.39, 0.29) is 11.2 Å². The van der Waals surface area contributed by atoms with Gasteiger partial charge in [0, 0.05) is 17.1 Å². The van der Waals surface area contributed by atoms with Crippen LogP contribution < -0.4 is 10.3 Å². The van der Waals surface area contributed by atoms with E-state index in [4.69, 9.17) is 37.7 Å². The van der Waals surface area contributed by atoms with E-state index in [9.17, 15) is 4.79 Å². The molecule has 2 aromatic carbocycles. The fourth-order valence-corrected chi connectivity index (χ4v) is 6.58. The number of halogens is 2. The van der Waals surface area contributed by atoms with Crippen LogP contribution in [-0.2, 0) is 23.5 Å². The average Bonchev–Trinajstić information content (AvgIpc) is 3.22. The highest BCUT2D eigenvalue weighted by Crippen LogP contribution is 2.39. The maximum atomic E-state index is 14.1. The summed E-state index contributed by atoms with van der Waals surface area (Å²) in [5.74, 6) is 1.32. The summed E-state index contributed by atoms with van der Waals surface area (Å²) >= 11 is 15.3. The van der Waals surface area contributed by atoms with Gasteiger partial charge in [-0.15, -0.1) is 11.3 Å². The van der Waals surface area contributed by atoms with Gasteiger partial charge in [-0.1, -0.05) is 48.0 Å². The number of benzene rings is 2. The molecule has 2 aromatic heterocycles. The number of thioether (sulfide) groups is 1. The second-order valence-electron chi connectivity index (χ2n) is 8.72. The second-order valence-corrected chi connectivity index (χ2v) is 11.6. The number of aromatic nitrogens is 2. The van der Waals surface area contributed by atoms with E-state index in [0.29, 0.717) is 39.4 Å². The van der Waals surface area contributed by atoms with E-state index in [1.54, 1.807) is 29.1 Å². The van der Waals surface area contributed by atoms with Crippen molar-refractivity contribution in [3.63, 3.8) is 0 Å². The predicted octanol–water partition coefficient (Wildman–Crippen LogP) is 7.30. The van der Waals surface area contributed by atoms with Crippen molar-refractivity contribution in [3.8, 4) is 11.4 Å². The number of hydrogen-bond donors (Lipinski definition) is 0. The highest BCUT2D eigenvalue weighted by atomic mass is 35.5. The Labute approximate surface area is 222 Å². The smallest absolute Gasteiger partial charge is 0.267 e. The van der Waals surface area contributed by atoms with Crippen molar-refractivity contribution in [2.24, 2.45) is 0 Å². The summed E-state index contributed by atoms with van der Waals surface area (Å²) < 4.78 is 13.2. The third-order valence-electron chi connectivity index (χ3n) is 6.41. The van der Waals surface area contributed by atoms with Gasteiger partial charge in [-0.2, -0.15) is 0 Å². The molecule has 0 spiro atoms. The number of methoxy groups -OCH3 is 1. The molecule has 0 saturated carbocycles. The molecular formula is C26H24Cl2N2O3S2. The molecule has 0 fully saturated rings. The molecule has 0 aliphatic carbocycles. The normalized spacial score (nSPS) is 17.5. The number of rotatable bonds is 6. The lowest BCUT2D eigenvalue weighted by Crippen LogP contribution is -2.34. The average molecular weight is 548 g/mol. The van der Waals surface area contributed by atoms with Crippen LogP contribution in [0.25, 0.3) is 15.9 Å². The molecule has 0 unspecified atom stereocenters. The zero-order chi connectivity index (χ0) is 24.7. The van der Waals surface area contributed by atoms with Crippen LogP contribution >= 0.6 is 46.3 Å². The summed E-state index contributed by atoms with van der Waals surface area (Å²) in [5, 5.41) is 2.34. The molecule has 0 amide bonds. The van der Waals surface area contributed by atoms with Crippen LogP contribution in [0, 0.1) is 0 Å². The zero-order valence-electron chi connectivity index (χ0n) is 19.6. The van der Waals surface area contributed by atoms with Crippen molar-refractivity contribution in [1.29, 1.82) is 0 Å². The van der Waals surface area contributed by atoms with Gasteiger partial charge >= 0.3 is 0 Å². The first-order valence-corrected chi connectivity index (χ1v) is 13.8. The van der Waals surface area contributed by atoms with Gasteiger partial charge in [-0.05, 0) is 60.9 Å². The van der Waals surface area contributed by atoms with Gasteiger partial charge in [0.25, 0.3) is 5.56 Å². The summed E-state index contributed by atoms with van der Waals surface area (Å²) in [7, 11) is 1.62. The molecule has 1 atom stereocenters. The van der Waals surface area contributed by atoms with Crippen LogP contribution in [0.3, 0.4) is 0 Å². The van der Waals surface area contributed by atoms with Crippen molar-refractivity contribution < 1.29 is 9.47 Å². The number of ether oxygens (including phenoxy) is 2. The Hall–Kier alpha value is -2.03. The SMILES string of the molecule is CC[C@@]1(C)Cc2c(sc3nc(SCc4ccc(Cl)c(Cl)c4)n(-c4ccc(OC)cc4)c(=O)c23)CO1. The molecule has 1 aliphatic heterocycles. The first-order chi connectivity index (χ1) is 16.8. The maximum absolute atomic E-state index is 14.1. The first kappa shape index (κ1) is 24.7. The third kappa shape index (κ3) is 4.72. The van der Waals surface area contributed by atoms with Gasteiger partial charge in [0.05, 0.1) is 40.4 Å². The van der Waals surface area contributed by atoms with Gasteiger partial charge < -0.3 is 9.47 Å². The fourth-order valence-electron chi connectivity index (χ4n) is 4.16. The molecule has 0 radical (unpaired) electrons. The molecule has 0 saturated heterocycles. The minimum Gasteiger partial charge on any atom is -0.497 e. The Bertz CT molecular complexity index is 1470. The predicted molar refractivity (Wildman–Crippen MR) is 145 cm³/mol. The molecule has 182 valence electrons. The van der Waals surface area contributed by atoms with E-state index >= 15 is 0 Å². The van der Waals surface area contributed by atoms with E-state index < -0.39 is 0 Å². The number of hydrogen-bond acceptors (Lipinski definition) is 6. The summed E-state index contributed by atoms with van der Waals surface area (Å²) in [5.41, 5.74) is 2.47. The zero-order valence-corrected chi connectivity index (χ0v) is 22.7. The standard InChI is InChI=1S/C26H24Cl2N2O3S2/c1-4-26(2)12-18-21(13-33-26)35-23-22(18)24(31)30(16-6-8-17(32-3)9-7-16)25(29-23)34-14-15-5-10-19(27)20(28)11-15/h5-11H,4,12-14H2,1-3H3/t26-/m0/s1. The second kappa shape index (κ2) is 9.79. The number of thiophene rings is 1. The molecule has 5 nitrogen and oxygen atoms in total. The summed E-state index contributed by atoms with van der Waals surface area (Å²) in [6.45, 7) is 4.73. The molecule has 4 aromatic rings. The Morgan fingerprint density at radius 2 is 1.97 bits per heavy atom. The van der Waals surface area contributed by atoms with Crippen LogP contribution in [0.5, 0.6) is 5.75 Å². The van der Waals surface area contributed by atoms with Crippen molar-refractivity contribution in [2.45, 2.75) is 49.8 Å². The van der Waals surface area contributed by atoms with Gasteiger partial charge in [0.2, 0.25) is 0 Å². The van der Waals surface area contributed by atoms with E-state index in [2.05, 4.69) is 13.8 Å². The van der Waals surface area contributed by atoms with Gasteiger partial charge in [-0.25, -0.2) is 4.98 Å². The molecule has 9 heteroatoms. The Morgan fingerprint density at radius 1 is 1.20 bits per heavy atom. The van der Waals surface area contributed by atoms with Gasteiger partial charge in [-0.3, -0.25) is 9.36 Å². The van der Waals surface area contributed by atoms with Crippen LogP contribution in [0.1, 0.15) is 36.3 Å². The lowest BCUT2D eigenvalue weighted by Gasteiger charge is -2.32. The summed E-state index contributed by atoms with van der Waals surface area (Å²) in [6, 6.07) is 13.0. The number of fused-ring (bicyclic) bond motifs is 3. The Kier molecular flexibility index (Phi) is 6.90. The Morgan fingerprint density at radius 3 is 2.66 bits per heavy atom. The van der Waals surface area contributed by atoms with Crippen LogP contribution in [-0.4, -0.2) is 22.3 Å². The topological polar surface area (TPSA) is 53.4 Å². The third-order valence-corrected chi connectivity index (χ3v) is 9.26. The van der Waals surface area contributed by atoms with Crippen molar-refractivity contribution in [1.82, 2.24) is 9.55 Å². The van der Waals surface area contributed by atoms with Crippen LogP contribution in [0.2, 0.25) is 10.0 Å². The minimum absolute atomic E-state index is 0.0605. The lowest BCUT2D eigenvalue weighted by molar-refractivity contribution is -0.0543. The summed E-state index contributed by atoms with van der Waals surface area (Å²) in [4.78, 5) is 20.9. The van der Waals surface area contributed by atoms with E-state index in [1.165, 1.54) is 11.8 Å². The van der Waals surface area contributed by atoms with Gasteiger partial charge in [0.15, 0.2) is 5.16 Å². The molecule has 3 heterocycles. The first-order valence-electron chi connectivity index (χ1n) is 11.2.